The molecule has 0 spiro atoms. The molecule has 0 saturated heterocycles. The lowest BCUT2D eigenvalue weighted by atomic mass is 10.1. The minimum Gasteiger partial charge on any atom is -0.489 e. The molecular weight excluding hydrogens is 558 g/mol. The molecule has 206 valence electrons. The Morgan fingerprint density at radius 1 is 0.829 bits per heavy atom. The molecule has 9 heteroatoms. The molecule has 0 unspecified atom stereocenters. The number of sulfonamides is 1. The number of hydrogen-bond donors (Lipinski definition) is 1. The Morgan fingerprint density at radius 3 is 2.29 bits per heavy atom. The van der Waals surface area contributed by atoms with Crippen molar-refractivity contribution in [2.24, 2.45) is 5.10 Å². The van der Waals surface area contributed by atoms with Crippen molar-refractivity contribution < 1.29 is 17.9 Å². The molecule has 0 heterocycles. The molecule has 0 radical (unpaired) electrons. The van der Waals surface area contributed by atoms with E-state index < -0.39 is 22.5 Å². The zero-order chi connectivity index (χ0) is 28.7. The molecule has 41 heavy (non-hydrogen) atoms. The topological polar surface area (TPSA) is 88.1 Å². The Kier molecular flexibility index (Phi) is 8.62. The van der Waals surface area contributed by atoms with Crippen LogP contribution in [0.5, 0.6) is 5.75 Å². The number of ether oxygens (including phenoxy) is 1. The maximum absolute atomic E-state index is 13.4. The zero-order valence-corrected chi connectivity index (χ0v) is 23.4. The van der Waals surface area contributed by atoms with Crippen LogP contribution >= 0.6 is 11.6 Å². The second kappa shape index (κ2) is 12.7. The first kappa shape index (κ1) is 27.9. The van der Waals surface area contributed by atoms with Gasteiger partial charge in [-0.05, 0) is 70.4 Å². The van der Waals surface area contributed by atoms with Crippen molar-refractivity contribution in [2.75, 3.05) is 10.8 Å². The van der Waals surface area contributed by atoms with Crippen LogP contribution in [0.25, 0.3) is 10.8 Å². The first-order valence-corrected chi connectivity index (χ1v) is 14.6. The number of benzene rings is 5. The van der Waals surface area contributed by atoms with Crippen LogP contribution in [0, 0.1) is 0 Å². The second-order valence-electron chi connectivity index (χ2n) is 9.07. The average molecular weight is 584 g/mol. The van der Waals surface area contributed by atoms with Gasteiger partial charge in [0.15, 0.2) is 0 Å². The molecule has 0 bridgehead atoms. The van der Waals surface area contributed by atoms with E-state index in [-0.39, 0.29) is 15.6 Å². The third-order valence-corrected chi connectivity index (χ3v) is 8.39. The van der Waals surface area contributed by atoms with Crippen molar-refractivity contribution in [1.82, 2.24) is 5.43 Å². The first-order chi connectivity index (χ1) is 19.9. The largest absolute Gasteiger partial charge is 0.489 e. The summed E-state index contributed by atoms with van der Waals surface area (Å²) in [5.41, 5.74) is 4.41. The number of para-hydroxylation sites is 1. The molecule has 0 fully saturated rings. The number of fused-ring (bicyclic) bond motifs is 1. The number of nitrogens with zero attached hydrogens (tertiary/aromatic N) is 2. The number of nitrogens with one attached hydrogen (secondary N) is 1. The van der Waals surface area contributed by atoms with Crippen LogP contribution in [0.2, 0.25) is 5.02 Å². The lowest BCUT2D eigenvalue weighted by Gasteiger charge is -2.24. The van der Waals surface area contributed by atoms with Gasteiger partial charge < -0.3 is 4.74 Å². The smallest absolute Gasteiger partial charge is 0.264 e. The van der Waals surface area contributed by atoms with Crippen LogP contribution in [0.1, 0.15) is 11.1 Å². The predicted molar refractivity (Wildman–Crippen MR) is 163 cm³/mol. The van der Waals surface area contributed by atoms with Crippen LogP contribution in [0.4, 0.5) is 5.69 Å². The van der Waals surface area contributed by atoms with Gasteiger partial charge in [-0.25, -0.2) is 13.8 Å². The zero-order valence-electron chi connectivity index (χ0n) is 21.9. The van der Waals surface area contributed by atoms with Crippen molar-refractivity contribution in [3.63, 3.8) is 0 Å². The predicted octanol–water partition coefficient (Wildman–Crippen LogP) is 6.42. The lowest BCUT2D eigenvalue weighted by molar-refractivity contribution is -0.119. The summed E-state index contributed by atoms with van der Waals surface area (Å²) in [5.74, 6) is 0.0661. The Bertz CT molecular complexity index is 1790. The third kappa shape index (κ3) is 6.74. The van der Waals surface area contributed by atoms with E-state index in [0.29, 0.717) is 12.4 Å². The van der Waals surface area contributed by atoms with Gasteiger partial charge in [0.25, 0.3) is 15.9 Å². The van der Waals surface area contributed by atoms with Gasteiger partial charge in [-0.1, -0.05) is 84.4 Å². The van der Waals surface area contributed by atoms with Crippen LogP contribution < -0.4 is 14.5 Å². The Morgan fingerprint density at radius 2 is 1.51 bits per heavy atom. The summed E-state index contributed by atoms with van der Waals surface area (Å²) in [7, 11) is -4.07. The molecule has 0 aromatic heterocycles. The van der Waals surface area contributed by atoms with Gasteiger partial charge in [0, 0.05) is 0 Å². The maximum atomic E-state index is 13.4. The molecule has 0 aliphatic carbocycles. The number of anilines is 1. The second-order valence-corrected chi connectivity index (χ2v) is 11.3. The number of carbonyl (C=O) groups is 1. The molecule has 1 N–H and O–H groups in total. The van der Waals surface area contributed by atoms with Crippen LogP contribution in [0.15, 0.2) is 131 Å². The highest BCUT2D eigenvalue weighted by Gasteiger charge is 2.28. The quantitative estimate of drug-likeness (QED) is 0.152. The van der Waals surface area contributed by atoms with Gasteiger partial charge in [-0.2, -0.15) is 5.10 Å². The molecule has 5 aromatic carbocycles. The van der Waals surface area contributed by atoms with Crippen LogP contribution in [-0.4, -0.2) is 27.1 Å². The first-order valence-electron chi connectivity index (χ1n) is 12.8. The fourth-order valence-electron chi connectivity index (χ4n) is 4.25. The van der Waals surface area contributed by atoms with Crippen LogP contribution in [-0.2, 0) is 21.4 Å². The molecule has 0 saturated carbocycles. The van der Waals surface area contributed by atoms with E-state index in [1.54, 1.807) is 42.5 Å². The number of halogens is 1. The summed E-state index contributed by atoms with van der Waals surface area (Å²) >= 11 is 6.30. The van der Waals surface area contributed by atoms with E-state index in [0.717, 1.165) is 26.2 Å². The average Bonchev–Trinajstić information content (AvgIpc) is 3.00. The Hall–Kier alpha value is -4.66. The highest BCUT2D eigenvalue weighted by Crippen LogP contribution is 2.30. The molecule has 0 atom stereocenters. The molecule has 5 aromatic rings. The summed E-state index contributed by atoms with van der Waals surface area (Å²) in [6.45, 7) is -0.0854. The number of hydrazone groups is 1. The van der Waals surface area contributed by atoms with Gasteiger partial charge in [-0.15, -0.1) is 0 Å². The summed E-state index contributed by atoms with van der Waals surface area (Å²) in [6.07, 6.45) is 1.47. The molecular formula is C32H26ClN3O4S. The standard InChI is InChI=1S/C32H26ClN3O4S/c33-30-15-6-7-16-31(30)36(41(38,39)28-12-2-1-3-13-28)22-32(37)35-34-21-24-17-19-27(20-18-24)40-23-26-11-8-10-25-9-4-5-14-29(25)26/h1-21H,22-23H2,(H,35,37)/b34-21-. The Balaban J connectivity index is 1.22. The fraction of sp³-hybridized carbons (Fsp3) is 0.0625. The molecule has 5 rings (SSSR count). The monoisotopic (exact) mass is 583 g/mol. The highest BCUT2D eigenvalue weighted by atomic mass is 35.5. The summed E-state index contributed by atoms with van der Waals surface area (Å²) in [4.78, 5) is 12.8. The molecule has 0 aliphatic heterocycles. The minimum absolute atomic E-state index is 0.0407. The lowest BCUT2D eigenvalue weighted by Crippen LogP contribution is -2.39. The maximum Gasteiger partial charge on any atom is 0.264 e. The number of carbonyl (C=O) groups excluding carboxylic acids is 1. The molecule has 0 aliphatic rings. The van der Waals surface area contributed by atoms with E-state index >= 15 is 0 Å². The van der Waals surface area contributed by atoms with Gasteiger partial charge in [0.2, 0.25) is 0 Å². The van der Waals surface area contributed by atoms with Gasteiger partial charge in [0.1, 0.15) is 18.9 Å². The van der Waals surface area contributed by atoms with E-state index in [1.165, 1.54) is 18.3 Å². The van der Waals surface area contributed by atoms with Gasteiger partial charge in [-0.3, -0.25) is 9.10 Å². The van der Waals surface area contributed by atoms with E-state index in [1.807, 2.05) is 48.5 Å². The number of hydrogen-bond acceptors (Lipinski definition) is 5. The summed E-state index contributed by atoms with van der Waals surface area (Å²) < 4.78 is 33.7. The normalized spacial score (nSPS) is 11.4. The SMILES string of the molecule is O=C(CN(c1ccccc1Cl)S(=O)(=O)c1ccccc1)N/N=C\c1ccc(OCc2cccc3ccccc23)cc1. The Labute approximate surface area is 243 Å². The molecule has 7 nitrogen and oxygen atoms in total. The third-order valence-electron chi connectivity index (χ3n) is 6.30. The van der Waals surface area contributed by atoms with Crippen molar-refractivity contribution in [2.45, 2.75) is 11.5 Å². The molecule has 1 amide bonds. The summed E-state index contributed by atoms with van der Waals surface area (Å²) in [5, 5.41) is 6.52. The van der Waals surface area contributed by atoms with E-state index in [4.69, 9.17) is 16.3 Å². The highest BCUT2D eigenvalue weighted by molar-refractivity contribution is 7.92. The number of amides is 1. The van der Waals surface area contributed by atoms with Gasteiger partial charge in [0.05, 0.1) is 21.8 Å². The van der Waals surface area contributed by atoms with Crippen molar-refractivity contribution in [3.05, 3.63) is 137 Å². The minimum atomic E-state index is -4.07. The van der Waals surface area contributed by atoms with Gasteiger partial charge >= 0.3 is 0 Å². The number of rotatable bonds is 10. The van der Waals surface area contributed by atoms with Crippen molar-refractivity contribution >= 4 is 50.2 Å². The fourth-order valence-corrected chi connectivity index (χ4v) is 6.00. The summed E-state index contributed by atoms with van der Waals surface area (Å²) in [6, 6.07) is 35.9. The van der Waals surface area contributed by atoms with E-state index in [9.17, 15) is 13.2 Å². The van der Waals surface area contributed by atoms with E-state index in [2.05, 4.69) is 28.7 Å². The van der Waals surface area contributed by atoms with Crippen LogP contribution in [0.3, 0.4) is 0 Å². The van der Waals surface area contributed by atoms with Crippen molar-refractivity contribution in [3.8, 4) is 5.75 Å². The van der Waals surface area contributed by atoms with Crippen molar-refractivity contribution in [1.29, 1.82) is 0 Å².